The third kappa shape index (κ3) is 6.95. The molecule has 2 amide bonds. The van der Waals surface area contributed by atoms with Gasteiger partial charge in [0.15, 0.2) is 0 Å². The van der Waals surface area contributed by atoms with E-state index >= 15 is 0 Å². The lowest BCUT2D eigenvalue weighted by molar-refractivity contribution is -0.134. The predicted molar refractivity (Wildman–Crippen MR) is 150 cm³/mol. The summed E-state index contributed by atoms with van der Waals surface area (Å²) in [7, 11) is 1.58. The second kappa shape index (κ2) is 12.8. The van der Waals surface area contributed by atoms with Crippen molar-refractivity contribution in [1.29, 1.82) is 0 Å². The molecule has 0 aliphatic carbocycles. The molecule has 38 heavy (non-hydrogen) atoms. The van der Waals surface area contributed by atoms with Gasteiger partial charge in [-0.2, -0.15) is 0 Å². The molecule has 0 unspecified atom stereocenters. The third-order valence-electron chi connectivity index (χ3n) is 6.32. The Morgan fingerprint density at radius 2 is 1.61 bits per heavy atom. The highest BCUT2D eigenvalue weighted by Gasteiger charge is 2.20. The Kier molecular flexibility index (Phi) is 9.06. The summed E-state index contributed by atoms with van der Waals surface area (Å²) in [6.45, 7) is 4.85. The fourth-order valence-corrected chi connectivity index (χ4v) is 4.15. The summed E-state index contributed by atoms with van der Waals surface area (Å²) in [6, 6.07) is 27.5. The van der Waals surface area contributed by atoms with Crippen LogP contribution in [0.25, 0.3) is 16.9 Å². The number of nitrogens with one attached hydrogen (secondary N) is 1. The minimum Gasteiger partial charge on any atom is -0.383 e. The van der Waals surface area contributed by atoms with Gasteiger partial charge in [0.2, 0.25) is 17.8 Å². The Morgan fingerprint density at radius 1 is 0.947 bits per heavy atom. The maximum Gasteiger partial charge on any atom is 0.246 e. The van der Waals surface area contributed by atoms with Gasteiger partial charge in [0, 0.05) is 31.1 Å². The van der Waals surface area contributed by atoms with E-state index in [1.54, 1.807) is 7.11 Å². The normalized spacial score (nSPS) is 10.9. The van der Waals surface area contributed by atoms with E-state index in [4.69, 9.17) is 9.72 Å². The molecule has 0 radical (unpaired) electrons. The average Bonchev–Trinajstić information content (AvgIpc) is 3.35. The number of methoxy groups -OCH3 is 1. The largest absolute Gasteiger partial charge is 0.383 e. The molecule has 1 heterocycles. The average molecular weight is 511 g/mol. The lowest BCUT2D eigenvalue weighted by atomic mass is 10.0. The summed E-state index contributed by atoms with van der Waals surface area (Å²) >= 11 is 0. The summed E-state index contributed by atoms with van der Waals surface area (Å²) < 4.78 is 7.06. The summed E-state index contributed by atoms with van der Waals surface area (Å²) in [5.41, 5.74) is 4.70. The zero-order chi connectivity index (χ0) is 26.9. The van der Waals surface area contributed by atoms with Gasteiger partial charge >= 0.3 is 0 Å². The molecule has 0 saturated heterocycles. The zero-order valence-electron chi connectivity index (χ0n) is 22.1. The van der Waals surface area contributed by atoms with Gasteiger partial charge < -0.3 is 9.64 Å². The van der Waals surface area contributed by atoms with Crippen molar-refractivity contribution in [2.75, 3.05) is 32.1 Å². The van der Waals surface area contributed by atoms with Crippen LogP contribution in [0.1, 0.15) is 30.9 Å². The molecule has 4 rings (SSSR count). The Bertz CT molecular complexity index is 1330. The van der Waals surface area contributed by atoms with E-state index in [1.165, 1.54) is 10.5 Å². The number of hydrogen-bond donors (Lipinski definition) is 1. The number of nitrogens with zero attached hydrogens (tertiary/aromatic N) is 3. The van der Waals surface area contributed by atoms with Crippen LogP contribution >= 0.6 is 0 Å². The molecular formula is C31H34N4O3. The number of carbonyl (C=O) groups excluding carboxylic acids is 2. The van der Waals surface area contributed by atoms with Crippen LogP contribution < -0.4 is 5.32 Å². The maximum absolute atomic E-state index is 13.2. The first-order chi connectivity index (χ1) is 18.4. The number of amides is 2. The zero-order valence-corrected chi connectivity index (χ0v) is 22.1. The molecule has 0 fully saturated rings. The van der Waals surface area contributed by atoms with E-state index in [0.29, 0.717) is 25.0 Å². The van der Waals surface area contributed by atoms with Crippen molar-refractivity contribution in [3.8, 4) is 16.9 Å². The van der Waals surface area contributed by atoms with Crippen molar-refractivity contribution >= 4 is 17.8 Å². The number of carbonyl (C=O) groups is 2. The molecule has 0 bridgehead atoms. The molecule has 1 N–H and O–H groups in total. The van der Waals surface area contributed by atoms with Crippen LogP contribution in [0, 0.1) is 0 Å². The molecule has 0 aliphatic heterocycles. The van der Waals surface area contributed by atoms with Crippen LogP contribution in [0.4, 0.5) is 5.95 Å². The van der Waals surface area contributed by atoms with E-state index in [-0.39, 0.29) is 24.8 Å². The van der Waals surface area contributed by atoms with Crippen LogP contribution in [0.5, 0.6) is 0 Å². The standard InChI is InChI=1S/C31H34N4O3/c1-23(2)25-14-16-27(17-15-25)35-21-28(26-12-8-5-9-13-26)32-31(35)33-29(36)22-34(18-19-38-3)30(37)20-24-10-6-4-7-11-24/h4-17,21,23H,18-20,22H2,1-3H3,(H,32,33,36). The SMILES string of the molecule is COCCN(CC(=O)Nc1nc(-c2ccccc2)cn1-c1ccc(C(C)C)cc1)C(=O)Cc1ccccc1. The van der Waals surface area contributed by atoms with Crippen molar-refractivity contribution in [3.05, 3.63) is 102 Å². The Labute approximate surface area is 224 Å². The molecule has 0 aliphatic rings. The molecule has 3 aromatic carbocycles. The molecule has 4 aromatic rings. The van der Waals surface area contributed by atoms with Crippen LogP contribution in [-0.2, 0) is 20.7 Å². The van der Waals surface area contributed by atoms with E-state index in [1.807, 2.05) is 83.6 Å². The Balaban J connectivity index is 1.57. The summed E-state index contributed by atoms with van der Waals surface area (Å²) in [4.78, 5) is 32.5. The molecule has 7 nitrogen and oxygen atoms in total. The van der Waals surface area contributed by atoms with Gasteiger partial charge in [-0.25, -0.2) is 4.98 Å². The highest BCUT2D eigenvalue weighted by atomic mass is 16.5. The topological polar surface area (TPSA) is 76.5 Å². The van der Waals surface area contributed by atoms with Gasteiger partial charge in [-0.3, -0.25) is 19.5 Å². The second-order valence-corrected chi connectivity index (χ2v) is 9.45. The summed E-state index contributed by atoms with van der Waals surface area (Å²) in [6.07, 6.45) is 2.13. The number of aromatic nitrogens is 2. The quantitative estimate of drug-likeness (QED) is 0.296. The summed E-state index contributed by atoms with van der Waals surface area (Å²) in [5, 5.41) is 2.94. The van der Waals surface area contributed by atoms with E-state index in [0.717, 1.165) is 22.5 Å². The van der Waals surface area contributed by atoms with Gasteiger partial charge in [-0.15, -0.1) is 0 Å². The first-order valence-electron chi connectivity index (χ1n) is 12.8. The van der Waals surface area contributed by atoms with Gasteiger partial charge in [-0.1, -0.05) is 86.6 Å². The van der Waals surface area contributed by atoms with Gasteiger partial charge in [0.05, 0.1) is 18.7 Å². The smallest absolute Gasteiger partial charge is 0.246 e. The molecule has 1 aromatic heterocycles. The van der Waals surface area contributed by atoms with Crippen LogP contribution in [-0.4, -0.2) is 53.1 Å². The monoisotopic (exact) mass is 510 g/mol. The highest BCUT2D eigenvalue weighted by Crippen LogP contribution is 2.25. The molecular weight excluding hydrogens is 476 g/mol. The highest BCUT2D eigenvalue weighted by molar-refractivity contribution is 5.94. The van der Waals surface area contributed by atoms with Crippen molar-refractivity contribution in [1.82, 2.24) is 14.5 Å². The van der Waals surface area contributed by atoms with E-state index in [2.05, 4.69) is 31.3 Å². The molecule has 196 valence electrons. The lowest BCUT2D eigenvalue weighted by Gasteiger charge is -2.22. The number of anilines is 1. The number of benzene rings is 3. The number of hydrogen-bond acceptors (Lipinski definition) is 4. The van der Waals surface area contributed by atoms with Crippen LogP contribution in [0.15, 0.2) is 91.1 Å². The predicted octanol–water partition coefficient (Wildman–Crippen LogP) is 5.32. The van der Waals surface area contributed by atoms with Gasteiger partial charge in [0.25, 0.3) is 0 Å². The lowest BCUT2D eigenvalue weighted by Crippen LogP contribution is -2.41. The fourth-order valence-electron chi connectivity index (χ4n) is 4.15. The fraction of sp³-hybridized carbons (Fsp3) is 0.258. The van der Waals surface area contributed by atoms with Crippen LogP contribution in [0.3, 0.4) is 0 Å². The van der Waals surface area contributed by atoms with E-state index in [9.17, 15) is 9.59 Å². The third-order valence-corrected chi connectivity index (χ3v) is 6.32. The minimum absolute atomic E-state index is 0.102. The minimum atomic E-state index is -0.326. The Morgan fingerprint density at radius 3 is 2.24 bits per heavy atom. The number of ether oxygens (including phenoxy) is 1. The van der Waals surface area contributed by atoms with Crippen molar-refractivity contribution in [2.45, 2.75) is 26.2 Å². The first kappa shape index (κ1) is 26.8. The number of rotatable bonds is 11. The second-order valence-electron chi connectivity index (χ2n) is 9.45. The van der Waals surface area contributed by atoms with Gasteiger partial charge in [0.1, 0.15) is 6.54 Å². The van der Waals surface area contributed by atoms with Crippen molar-refractivity contribution < 1.29 is 14.3 Å². The van der Waals surface area contributed by atoms with Crippen molar-refractivity contribution in [3.63, 3.8) is 0 Å². The number of imidazole rings is 1. The first-order valence-corrected chi connectivity index (χ1v) is 12.8. The molecule has 0 saturated carbocycles. The Hall–Kier alpha value is -4.23. The molecule has 0 atom stereocenters. The molecule has 0 spiro atoms. The van der Waals surface area contributed by atoms with E-state index < -0.39 is 0 Å². The van der Waals surface area contributed by atoms with Crippen LogP contribution in [0.2, 0.25) is 0 Å². The maximum atomic E-state index is 13.2. The summed E-state index contributed by atoms with van der Waals surface area (Å²) in [5.74, 6) is 0.347. The molecule has 7 heteroatoms. The van der Waals surface area contributed by atoms with Crippen molar-refractivity contribution in [2.24, 2.45) is 0 Å². The van der Waals surface area contributed by atoms with Gasteiger partial charge in [-0.05, 0) is 29.2 Å².